The van der Waals surface area contributed by atoms with Gasteiger partial charge in [-0.25, -0.2) is 4.79 Å². The van der Waals surface area contributed by atoms with E-state index in [1.165, 1.54) is 0 Å². The first-order valence-corrected chi connectivity index (χ1v) is 7.89. The van der Waals surface area contributed by atoms with E-state index < -0.39 is 17.9 Å². The molecule has 0 aliphatic carbocycles. The number of fused-ring (bicyclic) bond motifs is 1. The zero-order valence-electron chi connectivity index (χ0n) is 14.2. The number of allylic oxidation sites excluding steroid dienone is 1. The molecule has 24 heavy (non-hydrogen) atoms. The lowest BCUT2D eigenvalue weighted by Crippen LogP contribution is -2.42. The fraction of sp³-hybridized carbons (Fsp3) is 0.444. The standard InChI is InChI=1S/C18H23NO5/c1-4-5-8-13(17(21)22)19-15(20)11-23-14-9-6-7-12-10-18(2,3)24-16(12)14/h4-7,9,13H,8,10-11H2,1-3H3,(H,19,20)(H,21,22)/b5-4+. The van der Waals surface area contributed by atoms with E-state index in [0.29, 0.717) is 11.5 Å². The van der Waals surface area contributed by atoms with Gasteiger partial charge in [-0.15, -0.1) is 0 Å². The van der Waals surface area contributed by atoms with Crippen LogP contribution in [0.5, 0.6) is 11.5 Å². The van der Waals surface area contributed by atoms with Crippen LogP contribution in [0.4, 0.5) is 0 Å². The summed E-state index contributed by atoms with van der Waals surface area (Å²) in [5, 5.41) is 11.6. The van der Waals surface area contributed by atoms with Gasteiger partial charge in [0.1, 0.15) is 11.6 Å². The van der Waals surface area contributed by atoms with Gasteiger partial charge in [0, 0.05) is 12.0 Å². The normalized spacial score (nSPS) is 16.3. The molecular weight excluding hydrogens is 310 g/mol. The van der Waals surface area contributed by atoms with E-state index in [-0.39, 0.29) is 18.6 Å². The Morgan fingerprint density at radius 3 is 2.88 bits per heavy atom. The molecule has 0 bridgehead atoms. The second kappa shape index (κ2) is 7.38. The number of para-hydroxylation sites is 1. The summed E-state index contributed by atoms with van der Waals surface area (Å²) < 4.78 is 11.4. The Morgan fingerprint density at radius 1 is 1.46 bits per heavy atom. The topological polar surface area (TPSA) is 84.9 Å². The molecule has 0 aromatic heterocycles. The van der Waals surface area contributed by atoms with Crippen LogP contribution in [0.1, 0.15) is 32.8 Å². The summed E-state index contributed by atoms with van der Waals surface area (Å²) in [5.41, 5.74) is 0.736. The van der Waals surface area contributed by atoms with E-state index >= 15 is 0 Å². The molecule has 1 unspecified atom stereocenters. The van der Waals surface area contributed by atoms with Crippen molar-refractivity contribution in [2.45, 2.75) is 45.3 Å². The first kappa shape index (κ1) is 17.8. The Kier molecular flexibility index (Phi) is 5.49. The van der Waals surface area contributed by atoms with Crippen molar-refractivity contribution in [3.05, 3.63) is 35.9 Å². The molecule has 1 heterocycles. The maximum absolute atomic E-state index is 12.0. The fourth-order valence-electron chi connectivity index (χ4n) is 2.57. The van der Waals surface area contributed by atoms with E-state index in [2.05, 4.69) is 5.32 Å². The molecule has 1 aliphatic rings. The average molecular weight is 333 g/mol. The van der Waals surface area contributed by atoms with Crippen LogP contribution in [0.15, 0.2) is 30.4 Å². The van der Waals surface area contributed by atoms with Gasteiger partial charge in [-0.2, -0.15) is 0 Å². The Labute approximate surface area is 141 Å². The van der Waals surface area contributed by atoms with Crippen LogP contribution in [-0.4, -0.2) is 35.2 Å². The van der Waals surface area contributed by atoms with Gasteiger partial charge in [0.05, 0.1) is 0 Å². The van der Waals surface area contributed by atoms with Crippen molar-refractivity contribution in [2.75, 3.05) is 6.61 Å². The van der Waals surface area contributed by atoms with Crippen LogP contribution in [-0.2, 0) is 16.0 Å². The van der Waals surface area contributed by atoms with Gasteiger partial charge in [0.25, 0.3) is 5.91 Å². The van der Waals surface area contributed by atoms with E-state index in [1.54, 1.807) is 25.1 Å². The van der Waals surface area contributed by atoms with E-state index in [1.807, 2.05) is 26.0 Å². The maximum atomic E-state index is 12.0. The third-order valence-electron chi connectivity index (χ3n) is 3.65. The van der Waals surface area contributed by atoms with Crippen LogP contribution in [0.25, 0.3) is 0 Å². The SMILES string of the molecule is C/C=C/CC(NC(=O)COc1cccc2c1OC(C)(C)C2)C(=O)O. The minimum absolute atomic E-state index is 0.232. The smallest absolute Gasteiger partial charge is 0.326 e. The number of aliphatic carboxylic acids is 1. The summed E-state index contributed by atoms with van der Waals surface area (Å²) in [6, 6.07) is 4.59. The number of ether oxygens (including phenoxy) is 2. The number of carbonyl (C=O) groups excluding carboxylic acids is 1. The number of amides is 1. The van der Waals surface area contributed by atoms with Crippen LogP contribution >= 0.6 is 0 Å². The summed E-state index contributed by atoms with van der Waals surface area (Å²) in [4.78, 5) is 23.1. The van der Waals surface area contributed by atoms with E-state index in [0.717, 1.165) is 12.0 Å². The van der Waals surface area contributed by atoms with Gasteiger partial charge in [0.15, 0.2) is 18.1 Å². The third kappa shape index (κ3) is 4.50. The molecule has 1 atom stereocenters. The Balaban J connectivity index is 1.96. The molecule has 6 heteroatoms. The molecule has 0 saturated heterocycles. The minimum Gasteiger partial charge on any atom is -0.483 e. The van der Waals surface area contributed by atoms with Crippen molar-refractivity contribution in [1.29, 1.82) is 0 Å². The molecule has 1 aromatic rings. The Morgan fingerprint density at radius 2 is 2.21 bits per heavy atom. The second-order valence-electron chi connectivity index (χ2n) is 6.33. The molecule has 0 saturated carbocycles. The highest BCUT2D eigenvalue weighted by molar-refractivity contribution is 5.84. The van der Waals surface area contributed by atoms with Crippen LogP contribution in [0.3, 0.4) is 0 Å². The average Bonchev–Trinajstić information content (AvgIpc) is 2.83. The van der Waals surface area contributed by atoms with Crippen molar-refractivity contribution in [2.24, 2.45) is 0 Å². The monoisotopic (exact) mass is 333 g/mol. The number of carbonyl (C=O) groups is 2. The molecule has 2 rings (SSSR count). The van der Waals surface area contributed by atoms with Gasteiger partial charge in [-0.1, -0.05) is 24.3 Å². The molecule has 1 aliphatic heterocycles. The fourth-order valence-corrected chi connectivity index (χ4v) is 2.57. The number of nitrogens with one attached hydrogen (secondary N) is 1. The third-order valence-corrected chi connectivity index (χ3v) is 3.65. The number of benzene rings is 1. The number of hydrogen-bond acceptors (Lipinski definition) is 4. The quantitative estimate of drug-likeness (QED) is 0.748. The van der Waals surface area contributed by atoms with Crippen LogP contribution in [0, 0.1) is 0 Å². The predicted molar refractivity (Wildman–Crippen MR) is 89.3 cm³/mol. The summed E-state index contributed by atoms with van der Waals surface area (Å²) >= 11 is 0. The van der Waals surface area contributed by atoms with Crippen molar-refractivity contribution in [3.8, 4) is 11.5 Å². The zero-order chi connectivity index (χ0) is 17.7. The number of carboxylic acids is 1. The van der Waals surface area contributed by atoms with Crippen molar-refractivity contribution in [1.82, 2.24) is 5.32 Å². The van der Waals surface area contributed by atoms with Crippen molar-refractivity contribution in [3.63, 3.8) is 0 Å². The lowest BCUT2D eigenvalue weighted by molar-refractivity contribution is -0.142. The summed E-state index contributed by atoms with van der Waals surface area (Å²) in [7, 11) is 0. The molecule has 0 spiro atoms. The van der Waals surface area contributed by atoms with E-state index in [4.69, 9.17) is 14.6 Å². The lowest BCUT2D eigenvalue weighted by Gasteiger charge is -2.18. The molecule has 130 valence electrons. The maximum Gasteiger partial charge on any atom is 0.326 e. The highest BCUT2D eigenvalue weighted by Gasteiger charge is 2.32. The zero-order valence-corrected chi connectivity index (χ0v) is 14.2. The number of carboxylic acid groups (broad SMARTS) is 1. The summed E-state index contributed by atoms with van der Waals surface area (Å²) in [6.45, 7) is 5.51. The molecular formula is C18H23NO5. The molecule has 6 nitrogen and oxygen atoms in total. The highest BCUT2D eigenvalue weighted by Crippen LogP contribution is 2.41. The first-order chi connectivity index (χ1) is 11.3. The largest absolute Gasteiger partial charge is 0.483 e. The molecule has 0 fully saturated rings. The minimum atomic E-state index is -1.08. The van der Waals surface area contributed by atoms with Gasteiger partial charge in [0.2, 0.25) is 0 Å². The first-order valence-electron chi connectivity index (χ1n) is 7.89. The second-order valence-corrected chi connectivity index (χ2v) is 6.33. The summed E-state index contributed by atoms with van der Waals surface area (Å²) in [6.07, 6.45) is 4.44. The summed E-state index contributed by atoms with van der Waals surface area (Å²) in [5.74, 6) is -0.415. The lowest BCUT2D eigenvalue weighted by atomic mass is 10.0. The molecule has 1 aromatic carbocycles. The van der Waals surface area contributed by atoms with Crippen molar-refractivity contribution < 1.29 is 24.2 Å². The van der Waals surface area contributed by atoms with Crippen LogP contribution in [0.2, 0.25) is 0 Å². The molecule has 2 N–H and O–H groups in total. The molecule has 0 radical (unpaired) electrons. The van der Waals surface area contributed by atoms with Gasteiger partial charge >= 0.3 is 5.97 Å². The van der Waals surface area contributed by atoms with Crippen LogP contribution < -0.4 is 14.8 Å². The Hall–Kier alpha value is -2.50. The van der Waals surface area contributed by atoms with E-state index in [9.17, 15) is 9.59 Å². The van der Waals surface area contributed by atoms with Gasteiger partial charge in [-0.3, -0.25) is 4.79 Å². The highest BCUT2D eigenvalue weighted by atomic mass is 16.5. The van der Waals surface area contributed by atoms with Gasteiger partial charge in [-0.05, 0) is 33.3 Å². The predicted octanol–water partition coefficient (Wildman–Crippen LogP) is 2.31. The van der Waals surface area contributed by atoms with Crippen molar-refractivity contribution >= 4 is 11.9 Å². The number of rotatable bonds is 7. The Bertz CT molecular complexity index is 651. The molecule has 1 amide bonds. The van der Waals surface area contributed by atoms with Gasteiger partial charge < -0.3 is 19.9 Å². The number of hydrogen-bond donors (Lipinski definition) is 2.